The molecule has 12 heteroatoms. The molecule has 0 unspecified atom stereocenters. The molecule has 1 fully saturated rings. The Balaban J connectivity index is 1.84. The molecule has 1 aromatic heterocycles. The molecule has 2 heterocycles. The second kappa shape index (κ2) is 8.48. The third kappa shape index (κ3) is 4.93. The number of nitrogens with one attached hydrogen (secondary N) is 1. The molecule has 0 spiro atoms. The van der Waals surface area contributed by atoms with E-state index in [2.05, 4.69) is 15.3 Å². The number of carbonyl (C=O) groups excluding carboxylic acids is 1. The van der Waals surface area contributed by atoms with Gasteiger partial charge in [0.1, 0.15) is 12.2 Å². The van der Waals surface area contributed by atoms with Crippen LogP contribution in [0.3, 0.4) is 0 Å². The predicted molar refractivity (Wildman–Crippen MR) is 85.2 cm³/mol. The molecule has 0 aromatic carbocycles. The molecule has 0 aliphatic carbocycles. The van der Waals surface area contributed by atoms with E-state index in [0.717, 1.165) is 30.7 Å². The number of rotatable bonds is 8. The Morgan fingerprint density at radius 3 is 2.52 bits per heavy atom. The summed E-state index contributed by atoms with van der Waals surface area (Å²) >= 11 is 0. The molecule has 1 aromatic rings. The topological polar surface area (TPSA) is 146 Å². The molecule has 2 rings (SSSR count). The van der Waals surface area contributed by atoms with Crippen LogP contribution in [0.1, 0.15) is 12.1 Å². The highest BCUT2D eigenvalue weighted by atomic mass is 16.6. The Morgan fingerprint density at radius 1 is 1.28 bits per heavy atom. The van der Waals surface area contributed by atoms with Gasteiger partial charge in [-0.1, -0.05) is 0 Å². The quantitative estimate of drug-likeness (QED) is 0.384. The Labute approximate surface area is 143 Å². The van der Waals surface area contributed by atoms with E-state index < -0.39 is 27.3 Å². The molecule has 0 radical (unpaired) electrons. The van der Waals surface area contributed by atoms with Crippen LogP contribution in [-0.4, -0.2) is 69.8 Å². The number of nitrogens with zero attached hydrogens (tertiary/aromatic N) is 5. The molecule has 0 atom stereocenters. The van der Waals surface area contributed by atoms with Crippen molar-refractivity contribution in [3.8, 4) is 0 Å². The standard InChI is InChI=1S/C13H20N6O6/c1-10-12(18(21)22)13(19(23)24)15-17(10)9-11(20)14-3-2-4-16-5-7-25-8-6-16/h2-9H2,1H3,(H,14,20). The zero-order chi connectivity index (χ0) is 18.4. The summed E-state index contributed by atoms with van der Waals surface area (Å²) in [6.45, 7) is 5.45. The van der Waals surface area contributed by atoms with Gasteiger partial charge in [0.05, 0.1) is 23.2 Å². The van der Waals surface area contributed by atoms with Gasteiger partial charge in [-0.05, 0) is 24.8 Å². The van der Waals surface area contributed by atoms with E-state index >= 15 is 0 Å². The summed E-state index contributed by atoms with van der Waals surface area (Å²) in [6.07, 6.45) is 0.754. The van der Waals surface area contributed by atoms with Gasteiger partial charge in [0.25, 0.3) is 0 Å². The summed E-state index contributed by atoms with van der Waals surface area (Å²) in [5.74, 6) is -1.26. The molecule has 25 heavy (non-hydrogen) atoms. The smallest absolute Gasteiger partial charge is 0.379 e. The first-order valence-corrected chi connectivity index (χ1v) is 7.83. The molecule has 0 bridgehead atoms. The van der Waals surface area contributed by atoms with Gasteiger partial charge >= 0.3 is 11.5 Å². The van der Waals surface area contributed by atoms with Crippen molar-refractivity contribution in [3.05, 3.63) is 25.9 Å². The third-order valence-electron chi connectivity index (χ3n) is 3.88. The zero-order valence-electron chi connectivity index (χ0n) is 13.8. The highest BCUT2D eigenvalue weighted by molar-refractivity contribution is 5.76. The fourth-order valence-corrected chi connectivity index (χ4v) is 2.56. The Bertz CT molecular complexity index is 654. The maximum absolute atomic E-state index is 11.9. The molecule has 1 saturated heterocycles. The molecule has 1 N–H and O–H groups in total. The Morgan fingerprint density at radius 2 is 1.96 bits per heavy atom. The second-order valence-corrected chi connectivity index (χ2v) is 5.59. The predicted octanol–water partition coefficient (Wildman–Crippen LogP) is -0.154. The molecule has 12 nitrogen and oxygen atoms in total. The molecule has 1 aliphatic rings. The van der Waals surface area contributed by atoms with Crippen LogP contribution in [0.2, 0.25) is 0 Å². The van der Waals surface area contributed by atoms with Gasteiger partial charge in [-0.25, -0.2) is 0 Å². The summed E-state index contributed by atoms with van der Waals surface area (Å²) in [7, 11) is 0. The first-order chi connectivity index (χ1) is 11.9. The van der Waals surface area contributed by atoms with E-state index in [1.54, 1.807) is 0 Å². The first-order valence-electron chi connectivity index (χ1n) is 7.83. The second-order valence-electron chi connectivity index (χ2n) is 5.59. The SMILES string of the molecule is Cc1c([N+](=O)[O-])c([N+](=O)[O-])nn1CC(=O)NCCCN1CCOCC1. The van der Waals surface area contributed by atoms with Crippen molar-refractivity contribution >= 4 is 17.4 Å². The summed E-state index contributed by atoms with van der Waals surface area (Å²) in [5, 5.41) is 28.0. The molecule has 1 amide bonds. The lowest BCUT2D eigenvalue weighted by molar-refractivity contribution is -0.424. The van der Waals surface area contributed by atoms with E-state index in [0.29, 0.717) is 19.8 Å². The van der Waals surface area contributed by atoms with Crippen molar-refractivity contribution in [3.63, 3.8) is 0 Å². The van der Waals surface area contributed by atoms with Crippen molar-refractivity contribution in [1.29, 1.82) is 0 Å². The monoisotopic (exact) mass is 356 g/mol. The van der Waals surface area contributed by atoms with E-state index in [9.17, 15) is 25.0 Å². The Kier molecular flexibility index (Phi) is 6.36. The first kappa shape index (κ1) is 18.7. The molecule has 1 aliphatic heterocycles. The summed E-state index contributed by atoms with van der Waals surface area (Å²) in [4.78, 5) is 34.2. The normalized spacial score (nSPS) is 15.1. The number of ether oxygens (including phenoxy) is 1. The van der Waals surface area contributed by atoms with Gasteiger partial charge < -0.3 is 20.2 Å². The van der Waals surface area contributed by atoms with Gasteiger partial charge in [0.2, 0.25) is 5.91 Å². The van der Waals surface area contributed by atoms with Gasteiger partial charge in [0, 0.05) is 19.6 Å². The van der Waals surface area contributed by atoms with Crippen LogP contribution in [-0.2, 0) is 16.1 Å². The van der Waals surface area contributed by atoms with E-state index in [1.807, 2.05) is 0 Å². The summed E-state index contributed by atoms with van der Waals surface area (Å²) < 4.78 is 6.23. The van der Waals surface area contributed by atoms with Gasteiger partial charge in [-0.2, -0.15) is 4.68 Å². The van der Waals surface area contributed by atoms with Gasteiger partial charge in [-0.15, -0.1) is 0 Å². The minimum atomic E-state index is -0.929. The van der Waals surface area contributed by atoms with Gasteiger partial charge in [-0.3, -0.25) is 19.8 Å². The van der Waals surface area contributed by atoms with Crippen LogP contribution < -0.4 is 5.32 Å². The highest BCUT2D eigenvalue weighted by Gasteiger charge is 2.35. The third-order valence-corrected chi connectivity index (χ3v) is 3.88. The fraction of sp³-hybridized carbons (Fsp3) is 0.692. The molecule has 138 valence electrons. The highest BCUT2D eigenvalue weighted by Crippen LogP contribution is 2.28. The van der Waals surface area contributed by atoms with Crippen LogP contribution in [0.4, 0.5) is 11.5 Å². The van der Waals surface area contributed by atoms with E-state index in [1.165, 1.54) is 6.92 Å². The van der Waals surface area contributed by atoms with Crippen LogP contribution in [0.5, 0.6) is 0 Å². The van der Waals surface area contributed by atoms with Crippen LogP contribution >= 0.6 is 0 Å². The molecular weight excluding hydrogens is 336 g/mol. The summed E-state index contributed by atoms with van der Waals surface area (Å²) in [6, 6.07) is 0. The number of aromatic nitrogens is 2. The zero-order valence-corrected chi connectivity index (χ0v) is 13.8. The number of amides is 1. The van der Waals surface area contributed by atoms with Crippen LogP contribution in [0.15, 0.2) is 0 Å². The molecule has 0 saturated carbocycles. The van der Waals surface area contributed by atoms with Crippen molar-refractivity contribution < 1.29 is 19.4 Å². The fourth-order valence-electron chi connectivity index (χ4n) is 2.56. The lowest BCUT2D eigenvalue weighted by atomic mass is 10.3. The number of hydrogen-bond acceptors (Lipinski definition) is 8. The van der Waals surface area contributed by atoms with E-state index in [-0.39, 0.29) is 12.2 Å². The number of carbonyl (C=O) groups is 1. The lowest BCUT2D eigenvalue weighted by Crippen LogP contribution is -2.38. The maximum Gasteiger partial charge on any atom is 0.468 e. The average molecular weight is 356 g/mol. The van der Waals surface area contributed by atoms with Crippen molar-refractivity contribution in [1.82, 2.24) is 20.0 Å². The van der Waals surface area contributed by atoms with Crippen LogP contribution in [0, 0.1) is 27.2 Å². The van der Waals surface area contributed by atoms with Crippen molar-refractivity contribution in [2.75, 3.05) is 39.4 Å². The number of morpholine rings is 1. The summed E-state index contributed by atoms with van der Waals surface area (Å²) in [5.41, 5.74) is -0.717. The molecular formula is C13H20N6O6. The largest absolute Gasteiger partial charge is 0.468 e. The Hall–Kier alpha value is -2.60. The van der Waals surface area contributed by atoms with Gasteiger partial charge in [0.15, 0.2) is 0 Å². The number of nitro groups is 2. The average Bonchev–Trinajstić information content (AvgIpc) is 2.90. The van der Waals surface area contributed by atoms with Crippen molar-refractivity contribution in [2.45, 2.75) is 19.9 Å². The minimum Gasteiger partial charge on any atom is -0.379 e. The van der Waals surface area contributed by atoms with Crippen LogP contribution in [0.25, 0.3) is 0 Å². The lowest BCUT2D eigenvalue weighted by Gasteiger charge is -2.26. The maximum atomic E-state index is 11.9. The number of hydrogen-bond donors (Lipinski definition) is 1. The minimum absolute atomic E-state index is 0.0276. The van der Waals surface area contributed by atoms with Crippen molar-refractivity contribution in [2.24, 2.45) is 0 Å². The van der Waals surface area contributed by atoms with E-state index in [4.69, 9.17) is 4.74 Å².